The van der Waals surface area contributed by atoms with Crippen LogP contribution < -0.4 is 19.7 Å². The van der Waals surface area contributed by atoms with Gasteiger partial charge in [0.1, 0.15) is 5.57 Å². The summed E-state index contributed by atoms with van der Waals surface area (Å²) >= 11 is 2.10. The molecule has 3 rings (SSSR count). The molecule has 0 aliphatic carbocycles. The van der Waals surface area contributed by atoms with Gasteiger partial charge in [-0.05, 0) is 72.3 Å². The van der Waals surface area contributed by atoms with Gasteiger partial charge in [-0.2, -0.15) is 0 Å². The molecule has 1 aliphatic heterocycles. The number of barbiturate groups is 1. The zero-order chi connectivity index (χ0) is 21.1. The molecule has 4 amide bonds. The number of carbonyl (C=O) groups excluding carboxylic acids is 3. The summed E-state index contributed by atoms with van der Waals surface area (Å²) in [6.45, 7) is 4.24. The number of imide groups is 2. The van der Waals surface area contributed by atoms with Crippen molar-refractivity contribution in [1.82, 2.24) is 5.32 Å². The van der Waals surface area contributed by atoms with Crippen LogP contribution in [0.25, 0.3) is 6.08 Å². The van der Waals surface area contributed by atoms with Crippen LogP contribution in [0.15, 0.2) is 42.0 Å². The first-order valence-electron chi connectivity index (χ1n) is 8.84. The third-order valence-electron chi connectivity index (χ3n) is 4.25. The van der Waals surface area contributed by atoms with Crippen molar-refractivity contribution in [3.8, 4) is 11.5 Å². The first-order valence-corrected chi connectivity index (χ1v) is 9.92. The molecule has 8 heteroatoms. The van der Waals surface area contributed by atoms with Crippen molar-refractivity contribution in [2.75, 3.05) is 18.6 Å². The van der Waals surface area contributed by atoms with E-state index in [9.17, 15) is 14.4 Å². The minimum absolute atomic E-state index is 0.146. The Morgan fingerprint density at radius 3 is 2.45 bits per heavy atom. The number of methoxy groups -OCH3 is 1. The molecule has 1 N–H and O–H groups in total. The quantitative estimate of drug-likeness (QED) is 0.380. The Morgan fingerprint density at radius 2 is 1.83 bits per heavy atom. The molecular weight excluding hydrogens is 487 g/mol. The SMILES string of the molecule is CCOc1c(I)cc(C=C2C(=O)NC(=O)N(c3ccc(C)cc3)C2=O)cc1OC. The van der Waals surface area contributed by atoms with Gasteiger partial charge in [0.25, 0.3) is 11.8 Å². The van der Waals surface area contributed by atoms with Gasteiger partial charge < -0.3 is 9.47 Å². The van der Waals surface area contributed by atoms with Crippen molar-refractivity contribution >= 4 is 52.2 Å². The highest BCUT2D eigenvalue weighted by Gasteiger charge is 2.36. The zero-order valence-electron chi connectivity index (χ0n) is 16.1. The molecule has 1 aliphatic rings. The zero-order valence-corrected chi connectivity index (χ0v) is 18.3. The van der Waals surface area contributed by atoms with Gasteiger partial charge in [0, 0.05) is 0 Å². The van der Waals surface area contributed by atoms with E-state index in [0.29, 0.717) is 29.4 Å². The maximum Gasteiger partial charge on any atom is 0.335 e. The molecule has 29 heavy (non-hydrogen) atoms. The van der Waals surface area contributed by atoms with Crippen LogP contribution in [0.5, 0.6) is 11.5 Å². The molecule has 1 fully saturated rings. The molecule has 0 unspecified atom stereocenters. The lowest BCUT2D eigenvalue weighted by molar-refractivity contribution is -0.122. The Morgan fingerprint density at radius 1 is 1.14 bits per heavy atom. The Labute approximate surface area is 181 Å². The van der Waals surface area contributed by atoms with Crippen LogP contribution in [0.2, 0.25) is 0 Å². The predicted molar refractivity (Wildman–Crippen MR) is 117 cm³/mol. The van der Waals surface area contributed by atoms with E-state index >= 15 is 0 Å². The second kappa shape index (κ2) is 8.64. The summed E-state index contributed by atoms with van der Waals surface area (Å²) in [5, 5.41) is 2.22. The lowest BCUT2D eigenvalue weighted by Gasteiger charge is -2.26. The standard InChI is InChI=1S/C21H19IN2O5/c1-4-29-18-16(22)10-13(11-17(18)28-3)9-15-19(25)23-21(27)24(20(15)26)14-7-5-12(2)6-8-14/h5-11H,4H2,1-3H3,(H,23,25,27). The fourth-order valence-electron chi connectivity index (χ4n) is 2.86. The summed E-state index contributed by atoms with van der Waals surface area (Å²) in [6.07, 6.45) is 1.44. The molecule has 150 valence electrons. The summed E-state index contributed by atoms with van der Waals surface area (Å²) < 4.78 is 11.7. The fourth-order valence-corrected chi connectivity index (χ4v) is 3.64. The lowest BCUT2D eigenvalue weighted by Crippen LogP contribution is -2.54. The van der Waals surface area contributed by atoms with Crippen LogP contribution in [0.1, 0.15) is 18.1 Å². The van der Waals surface area contributed by atoms with E-state index < -0.39 is 17.8 Å². The molecule has 0 bridgehead atoms. The number of benzene rings is 2. The van der Waals surface area contributed by atoms with E-state index in [1.54, 1.807) is 36.4 Å². The number of ether oxygens (including phenoxy) is 2. The van der Waals surface area contributed by atoms with Crippen LogP contribution in [-0.2, 0) is 9.59 Å². The summed E-state index contributed by atoms with van der Waals surface area (Å²) in [6, 6.07) is 9.55. The van der Waals surface area contributed by atoms with Crippen molar-refractivity contribution in [2.24, 2.45) is 0 Å². The van der Waals surface area contributed by atoms with Crippen LogP contribution in [0.4, 0.5) is 10.5 Å². The monoisotopic (exact) mass is 506 g/mol. The van der Waals surface area contributed by atoms with E-state index in [4.69, 9.17) is 9.47 Å². The molecule has 7 nitrogen and oxygen atoms in total. The highest BCUT2D eigenvalue weighted by molar-refractivity contribution is 14.1. The largest absolute Gasteiger partial charge is 0.493 e. The van der Waals surface area contributed by atoms with E-state index in [1.165, 1.54) is 13.2 Å². The molecular formula is C21H19IN2O5. The number of urea groups is 1. The summed E-state index contributed by atoms with van der Waals surface area (Å²) in [7, 11) is 1.51. The van der Waals surface area contributed by atoms with Crippen molar-refractivity contribution < 1.29 is 23.9 Å². The molecule has 0 spiro atoms. The average Bonchev–Trinajstić information content (AvgIpc) is 2.68. The topological polar surface area (TPSA) is 84.9 Å². The van der Waals surface area contributed by atoms with Crippen LogP contribution in [-0.4, -0.2) is 31.6 Å². The Kier molecular flexibility index (Phi) is 6.21. The third-order valence-corrected chi connectivity index (χ3v) is 5.05. The minimum Gasteiger partial charge on any atom is -0.493 e. The first-order chi connectivity index (χ1) is 13.8. The van der Waals surface area contributed by atoms with Crippen molar-refractivity contribution in [3.63, 3.8) is 0 Å². The number of aryl methyl sites for hydroxylation is 1. The number of anilines is 1. The van der Waals surface area contributed by atoms with Crippen LogP contribution >= 0.6 is 22.6 Å². The molecule has 2 aromatic carbocycles. The second-order valence-electron chi connectivity index (χ2n) is 6.26. The van der Waals surface area contributed by atoms with Gasteiger partial charge >= 0.3 is 6.03 Å². The smallest absolute Gasteiger partial charge is 0.335 e. The maximum absolute atomic E-state index is 13.0. The molecule has 0 aromatic heterocycles. The van der Waals surface area contributed by atoms with E-state index in [0.717, 1.165) is 14.0 Å². The first kappa shape index (κ1) is 20.8. The highest BCUT2D eigenvalue weighted by atomic mass is 127. The Hall–Kier alpha value is -2.88. The number of hydrogen-bond acceptors (Lipinski definition) is 5. The maximum atomic E-state index is 13.0. The van der Waals surface area contributed by atoms with Gasteiger partial charge in [-0.3, -0.25) is 14.9 Å². The van der Waals surface area contributed by atoms with Gasteiger partial charge in [0.05, 0.1) is 23.0 Å². The van der Waals surface area contributed by atoms with Crippen molar-refractivity contribution in [2.45, 2.75) is 13.8 Å². The minimum atomic E-state index is -0.778. The van der Waals surface area contributed by atoms with E-state index in [-0.39, 0.29) is 5.57 Å². The molecule has 1 heterocycles. The normalized spacial score (nSPS) is 15.5. The molecule has 0 saturated carbocycles. The number of hydrogen-bond donors (Lipinski definition) is 1. The number of nitrogens with zero attached hydrogens (tertiary/aromatic N) is 1. The average molecular weight is 506 g/mol. The fraction of sp³-hybridized carbons (Fsp3) is 0.190. The number of nitrogens with one attached hydrogen (secondary N) is 1. The van der Waals surface area contributed by atoms with Crippen molar-refractivity contribution in [3.05, 3.63) is 56.7 Å². The molecule has 0 radical (unpaired) electrons. The van der Waals surface area contributed by atoms with Gasteiger partial charge in [-0.1, -0.05) is 17.7 Å². The van der Waals surface area contributed by atoms with Crippen LogP contribution in [0.3, 0.4) is 0 Å². The van der Waals surface area contributed by atoms with Gasteiger partial charge in [-0.25, -0.2) is 9.69 Å². The van der Waals surface area contributed by atoms with Gasteiger partial charge in [-0.15, -0.1) is 0 Å². The van der Waals surface area contributed by atoms with Gasteiger partial charge in [0.2, 0.25) is 0 Å². The van der Waals surface area contributed by atoms with Crippen molar-refractivity contribution in [1.29, 1.82) is 0 Å². The van der Waals surface area contributed by atoms with E-state index in [2.05, 4.69) is 27.9 Å². The number of halogens is 1. The summed E-state index contributed by atoms with van der Waals surface area (Å²) in [5.41, 5.74) is 1.80. The summed E-state index contributed by atoms with van der Waals surface area (Å²) in [4.78, 5) is 38.5. The third kappa shape index (κ3) is 4.26. The number of rotatable bonds is 5. The molecule has 1 saturated heterocycles. The van der Waals surface area contributed by atoms with Crippen LogP contribution in [0, 0.1) is 10.5 Å². The highest BCUT2D eigenvalue weighted by Crippen LogP contribution is 2.35. The summed E-state index contributed by atoms with van der Waals surface area (Å²) in [5.74, 6) is -0.356. The predicted octanol–water partition coefficient (Wildman–Crippen LogP) is 3.67. The lowest BCUT2D eigenvalue weighted by atomic mass is 10.1. The second-order valence-corrected chi connectivity index (χ2v) is 7.42. The Balaban J connectivity index is 2.02. The molecule has 0 atom stereocenters. The molecule has 2 aromatic rings. The number of amides is 4. The van der Waals surface area contributed by atoms with Gasteiger partial charge in [0.15, 0.2) is 11.5 Å². The van der Waals surface area contributed by atoms with E-state index in [1.807, 2.05) is 13.8 Å². The Bertz CT molecular complexity index is 1010. The number of carbonyl (C=O) groups is 3.